The van der Waals surface area contributed by atoms with Gasteiger partial charge in [0.05, 0.1) is 0 Å². The van der Waals surface area contributed by atoms with Crippen molar-refractivity contribution in [3.63, 3.8) is 0 Å². The summed E-state index contributed by atoms with van der Waals surface area (Å²) in [7, 11) is 6.19. The Bertz CT molecular complexity index is 411. The van der Waals surface area contributed by atoms with Gasteiger partial charge >= 0.3 is 0 Å². The van der Waals surface area contributed by atoms with Crippen molar-refractivity contribution < 1.29 is 9.59 Å². The summed E-state index contributed by atoms with van der Waals surface area (Å²) in [5, 5.41) is 3.05. The van der Waals surface area contributed by atoms with Gasteiger partial charge in [0, 0.05) is 44.6 Å². The van der Waals surface area contributed by atoms with Crippen LogP contribution in [-0.4, -0.2) is 86.9 Å². The van der Waals surface area contributed by atoms with Crippen LogP contribution in [0.2, 0.25) is 0 Å². The van der Waals surface area contributed by atoms with Crippen LogP contribution in [0.4, 0.5) is 0 Å². The summed E-state index contributed by atoms with van der Waals surface area (Å²) < 4.78 is 0. The lowest BCUT2D eigenvalue weighted by molar-refractivity contribution is -0.139. The third kappa shape index (κ3) is 5.74. The van der Waals surface area contributed by atoms with E-state index in [1.807, 2.05) is 19.0 Å². The Kier molecular flexibility index (Phi) is 7.49. The second kappa shape index (κ2) is 9.37. The molecule has 138 valence electrons. The third-order valence-electron chi connectivity index (χ3n) is 5.34. The van der Waals surface area contributed by atoms with E-state index in [4.69, 9.17) is 0 Å². The van der Waals surface area contributed by atoms with Crippen LogP contribution in [0.15, 0.2) is 0 Å². The van der Waals surface area contributed by atoms with Crippen LogP contribution in [0.25, 0.3) is 0 Å². The molecule has 2 fully saturated rings. The summed E-state index contributed by atoms with van der Waals surface area (Å²) in [6.07, 6.45) is 4.41. The Morgan fingerprint density at radius 3 is 2.17 bits per heavy atom. The summed E-state index contributed by atoms with van der Waals surface area (Å²) in [5.74, 6) is 0.722. The fourth-order valence-corrected chi connectivity index (χ4v) is 3.64. The summed E-state index contributed by atoms with van der Waals surface area (Å²) in [5.41, 5.74) is 0. The Balaban J connectivity index is 1.67. The number of piperazine rings is 1. The fraction of sp³-hybridized carbons (Fsp3) is 0.889. The number of hydrogen-bond acceptors (Lipinski definition) is 4. The van der Waals surface area contributed by atoms with E-state index in [9.17, 15) is 9.59 Å². The van der Waals surface area contributed by atoms with Crippen LogP contribution in [0.5, 0.6) is 0 Å². The summed E-state index contributed by atoms with van der Waals surface area (Å²) in [4.78, 5) is 31.3. The van der Waals surface area contributed by atoms with Crippen molar-refractivity contribution in [1.29, 1.82) is 0 Å². The molecule has 6 nitrogen and oxygen atoms in total. The predicted molar refractivity (Wildman–Crippen MR) is 95.7 cm³/mol. The van der Waals surface area contributed by atoms with Gasteiger partial charge in [-0.1, -0.05) is 0 Å². The number of nitrogens with zero attached hydrogens (tertiary/aromatic N) is 3. The lowest BCUT2D eigenvalue weighted by Crippen LogP contribution is -2.49. The second-order valence-corrected chi connectivity index (χ2v) is 7.62. The largest absolute Gasteiger partial charge is 0.356 e. The van der Waals surface area contributed by atoms with Crippen molar-refractivity contribution in [2.75, 3.05) is 60.4 Å². The average molecular weight is 338 g/mol. The molecule has 2 aliphatic rings. The molecule has 1 heterocycles. The predicted octanol–water partition coefficient (Wildman–Crippen LogP) is 0.635. The second-order valence-electron chi connectivity index (χ2n) is 7.62. The number of rotatable bonds is 6. The monoisotopic (exact) mass is 338 g/mol. The average Bonchev–Trinajstić information content (AvgIpc) is 2.58. The topological polar surface area (TPSA) is 55.9 Å². The molecule has 1 saturated carbocycles. The van der Waals surface area contributed by atoms with Crippen molar-refractivity contribution >= 4 is 11.8 Å². The van der Waals surface area contributed by atoms with Crippen LogP contribution >= 0.6 is 0 Å². The van der Waals surface area contributed by atoms with Crippen molar-refractivity contribution in [3.8, 4) is 0 Å². The molecule has 0 aromatic rings. The molecular weight excluding hydrogens is 304 g/mol. The van der Waals surface area contributed by atoms with E-state index in [0.29, 0.717) is 5.91 Å². The fourth-order valence-electron chi connectivity index (χ4n) is 3.64. The first-order chi connectivity index (χ1) is 11.5. The van der Waals surface area contributed by atoms with Gasteiger partial charge in [-0.3, -0.25) is 9.59 Å². The number of amides is 2. The first-order valence-electron chi connectivity index (χ1n) is 9.37. The number of carbonyl (C=O) groups excluding carboxylic acids is 2. The molecule has 1 saturated heterocycles. The first-order valence-corrected chi connectivity index (χ1v) is 9.37. The maximum atomic E-state index is 12.6. The molecule has 0 aromatic carbocycles. The highest BCUT2D eigenvalue weighted by atomic mass is 16.2. The molecule has 2 rings (SSSR count). The van der Waals surface area contributed by atoms with Gasteiger partial charge in [-0.15, -0.1) is 0 Å². The lowest BCUT2D eigenvalue weighted by atomic mass is 9.81. The minimum Gasteiger partial charge on any atom is -0.356 e. The van der Waals surface area contributed by atoms with Crippen LogP contribution in [0.1, 0.15) is 32.1 Å². The first kappa shape index (κ1) is 19.2. The highest BCUT2D eigenvalue weighted by Gasteiger charge is 2.32. The van der Waals surface area contributed by atoms with E-state index in [1.165, 1.54) is 0 Å². The van der Waals surface area contributed by atoms with Gasteiger partial charge < -0.3 is 20.0 Å². The summed E-state index contributed by atoms with van der Waals surface area (Å²) in [6.45, 7) is 5.37. The molecule has 0 atom stereocenters. The van der Waals surface area contributed by atoms with Gasteiger partial charge in [0.25, 0.3) is 0 Å². The molecule has 6 heteroatoms. The van der Waals surface area contributed by atoms with Crippen LogP contribution in [0, 0.1) is 11.8 Å². The zero-order valence-corrected chi connectivity index (χ0v) is 15.6. The SMILES string of the molecule is CN(C)CCCNC(=O)C1CCC(C(=O)N2CCN(C)CC2)CC1. The van der Waals surface area contributed by atoms with Gasteiger partial charge in [-0.2, -0.15) is 0 Å². The van der Waals surface area contributed by atoms with Crippen molar-refractivity contribution in [2.45, 2.75) is 32.1 Å². The molecule has 1 aliphatic heterocycles. The summed E-state index contributed by atoms with van der Waals surface area (Å²) >= 11 is 0. The van der Waals surface area contributed by atoms with Crippen LogP contribution < -0.4 is 5.32 Å². The number of hydrogen-bond donors (Lipinski definition) is 1. The van der Waals surface area contributed by atoms with Gasteiger partial charge in [-0.25, -0.2) is 0 Å². The molecule has 1 aliphatic carbocycles. The number of nitrogens with one attached hydrogen (secondary N) is 1. The quantitative estimate of drug-likeness (QED) is 0.722. The molecule has 0 aromatic heterocycles. The van der Waals surface area contributed by atoms with Crippen LogP contribution in [0.3, 0.4) is 0 Å². The normalized spacial score (nSPS) is 25.8. The highest BCUT2D eigenvalue weighted by molar-refractivity contribution is 5.81. The van der Waals surface area contributed by atoms with E-state index in [2.05, 4.69) is 22.2 Å². The van der Waals surface area contributed by atoms with Crippen molar-refractivity contribution in [3.05, 3.63) is 0 Å². The Labute approximate surface area is 146 Å². The minimum absolute atomic E-state index is 0.0981. The Morgan fingerprint density at radius 2 is 1.58 bits per heavy atom. The highest BCUT2D eigenvalue weighted by Crippen LogP contribution is 2.30. The van der Waals surface area contributed by atoms with E-state index in [0.717, 1.165) is 71.4 Å². The van der Waals surface area contributed by atoms with E-state index < -0.39 is 0 Å². The Hall–Kier alpha value is -1.14. The molecule has 24 heavy (non-hydrogen) atoms. The maximum Gasteiger partial charge on any atom is 0.225 e. The zero-order valence-electron chi connectivity index (χ0n) is 15.6. The van der Waals surface area contributed by atoms with E-state index in [-0.39, 0.29) is 17.7 Å². The standard InChI is InChI=1S/C18H34N4O2/c1-20(2)10-4-9-19-17(23)15-5-7-16(8-6-15)18(24)22-13-11-21(3)12-14-22/h15-16H,4-14H2,1-3H3,(H,19,23). The van der Waals surface area contributed by atoms with E-state index >= 15 is 0 Å². The zero-order chi connectivity index (χ0) is 17.5. The van der Waals surface area contributed by atoms with Gasteiger partial charge in [0.15, 0.2) is 0 Å². The smallest absolute Gasteiger partial charge is 0.225 e. The molecule has 0 unspecified atom stereocenters. The molecule has 0 bridgehead atoms. The Morgan fingerprint density at radius 1 is 1.00 bits per heavy atom. The van der Waals surface area contributed by atoms with Gasteiger partial charge in [0.2, 0.25) is 11.8 Å². The van der Waals surface area contributed by atoms with Gasteiger partial charge in [-0.05, 0) is 59.8 Å². The number of carbonyl (C=O) groups is 2. The molecule has 0 spiro atoms. The minimum atomic E-state index is 0.0981. The van der Waals surface area contributed by atoms with Gasteiger partial charge in [0.1, 0.15) is 0 Å². The van der Waals surface area contributed by atoms with E-state index in [1.54, 1.807) is 0 Å². The summed E-state index contributed by atoms with van der Waals surface area (Å²) in [6, 6.07) is 0. The van der Waals surface area contributed by atoms with Crippen LogP contribution in [-0.2, 0) is 9.59 Å². The molecule has 0 radical (unpaired) electrons. The number of likely N-dealkylation sites (N-methyl/N-ethyl adjacent to an activating group) is 1. The van der Waals surface area contributed by atoms with Crippen molar-refractivity contribution in [1.82, 2.24) is 20.0 Å². The lowest BCUT2D eigenvalue weighted by Gasteiger charge is -2.36. The van der Waals surface area contributed by atoms with Crippen molar-refractivity contribution in [2.24, 2.45) is 11.8 Å². The molecular formula is C18H34N4O2. The third-order valence-corrected chi connectivity index (χ3v) is 5.34. The maximum absolute atomic E-state index is 12.6. The molecule has 1 N–H and O–H groups in total. The molecule has 2 amide bonds.